The van der Waals surface area contributed by atoms with Crippen molar-refractivity contribution in [3.05, 3.63) is 0 Å². The van der Waals surface area contributed by atoms with Gasteiger partial charge in [0, 0.05) is 19.6 Å². The number of hydrogen-bond donors (Lipinski definition) is 0. The summed E-state index contributed by atoms with van der Waals surface area (Å²) >= 11 is 0. The molecule has 0 N–H and O–H groups in total. The lowest BCUT2D eigenvalue weighted by atomic mass is 9.98. The van der Waals surface area contributed by atoms with Gasteiger partial charge in [0.15, 0.2) is 0 Å². The standard InChI is InChI=1S/C11H21FN2/c1-10-2-5-13(6-3-10)8-11-4-7-14(12)9-11/h10-11H,2-9H2,1H3. The Labute approximate surface area is 86.0 Å². The summed E-state index contributed by atoms with van der Waals surface area (Å²) in [6.07, 6.45) is 3.70. The minimum absolute atomic E-state index is 0.577. The van der Waals surface area contributed by atoms with Crippen LogP contribution in [0.1, 0.15) is 26.2 Å². The topological polar surface area (TPSA) is 6.48 Å². The molecule has 2 heterocycles. The van der Waals surface area contributed by atoms with E-state index in [1.165, 1.54) is 25.9 Å². The summed E-state index contributed by atoms with van der Waals surface area (Å²) in [6.45, 7) is 7.21. The van der Waals surface area contributed by atoms with Crippen LogP contribution in [0.2, 0.25) is 0 Å². The maximum atomic E-state index is 12.8. The summed E-state index contributed by atoms with van der Waals surface area (Å²) in [6, 6.07) is 0. The van der Waals surface area contributed by atoms with E-state index in [9.17, 15) is 4.48 Å². The molecular weight excluding hydrogens is 179 g/mol. The van der Waals surface area contributed by atoms with Crippen LogP contribution in [-0.4, -0.2) is 42.7 Å². The van der Waals surface area contributed by atoms with E-state index >= 15 is 0 Å². The second-order valence-electron chi connectivity index (χ2n) is 5.01. The van der Waals surface area contributed by atoms with Gasteiger partial charge in [-0.25, -0.2) is 0 Å². The number of likely N-dealkylation sites (tertiary alicyclic amines) is 1. The fourth-order valence-corrected chi connectivity index (χ4v) is 2.54. The number of hydrogen-bond acceptors (Lipinski definition) is 2. The molecule has 0 bridgehead atoms. The zero-order valence-electron chi connectivity index (χ0n) is 9.08. The monoisotopic (exact) mass is 200 g/mol. The number of piperidine rings is 1. The highest BCUT2D eigenvalue weighted by atomic mass is 19.2. The first kappa shape index (κ1) is 10.4. The molecular formula is C11H21FN2. The van der Waals surface area contributed by atoms with Gasteiger partial charge in [0.05, 0.1) is 0 Å². The Hall–Kier alpha value is -0.150. The van der Waals surface area contributed by atoms with Crippen molar-refractivity contribution in [3.63, 3.8) is 0 Å². The normalized spacial score (nSPS) is 32.6. The van der Waals surface area contributed by atoms with E-state index in [0.29, 0.717) is 19.0 Å². The molecule has 0 aromatic rings. The lowest BCUT2D eigenvalue weighted by Gasteiger charge is -2.31. The highest BCUT2D eigenvalue weighted by Gasteiger charge is 2.25. The molecule has 2 fully saturated rings. The van der Waals surface area contributed by atoms with Crippen LogP contribution in [0.25, 0.3) is 0 Å². The van der Waals surface area contributed by atoms with Crippen LogP contribution in [0.15, 0.2) is 0 Å². The second kappa shape index (κ2) is 4.58. The third-order valence-electron chi connectivity index (χ3n) is 3.63. The lowest BCUT2D eigenvalue weighted by molar-refractivity contribution is 0.0484. The van der Waals surface area contributed by atoms with Crippen LogP contribution < -0.4 is 0 Å². The van der Waals surface area contributed by atoms with E-state index in [1.54, 1.807) is 0 Å². The first-order valence-corrected chi connectivity index (χ1v) is 5.87. The Morgan fingerprint density at radius 2 is 1.86 bits per heavy atom. The fraction of sp³-hybridized carbons (Fsp3) is 1.00. The van der Waals surface area contributed by atoms with Crippen LogP contribution in [0.4, 0.5) is 4.48 Å². The minimum Gasteiger partial charge on any atom is -0.303 e. The maximum absolute atomic E-state index is 12.8. The van der Waals surface area contributed by atoms with Gasteiger partial charge < -0.3 is 4.90 Å². The highest BCUT2D eigenvalue weighted by Crippen LogP contribution is 2.21. The molecule has 14 heavy (non-hydrogen) atoms. The molecule has 0 spiro atoms. The molecule has 3 heteroatoms. The van der Waals surface area contributed by atoms with Crippen molar-refractivity contribution in [1.29, 1.82) is 0 Å². The van der Waals surface area contributed by atoms with Crippen LogP contribution in [0.5, 0.6) is 0 Å². The van der Waals surface area contributed by atoms with Gasteiger partial charge in [0.2, 0.25) is 0 Å². The predicted octanol–water partition coefficient (Wildman–Crippen LogP) is 1.92. The largest absolute Gasteiger partial charge is 0.303 e. The molecule has 2 rings (SSSR count). The Balaban J connectivity index is 1.70. The van der Waals surface area contributed by atoms with Gasteiger partial charge in [-0.2, -0.15) is 0 Å². The summed E-state index contributed by atoms with van der Waals surface area (Å²) in [4.78, 5) is 2.52. The molecule has 2 aliphatic rings. The minimum atomic E-state index is 0.577. The smallest absolute Gasteiger partial charge is 0.0331 e. The molecule has 0 aromatic carbocycles. The summed E-state index contributed by atoms with van der Waals surface area (Å²) in [7, 11) is 0. The van der Waals surface area contributed by atoms with Crippen LogP contribution >= 0.6 is 0 Å². The Morgan fingerprint density at radius 3 is 2.43 bits per heavy atom. The van der Waals surface area contributed by atoms with E-state index in [-0.39, 0.29) is 0 Å². The van der Waals surface area contributed by atoms with E-state index < -0.39 is 0 Å². The van der Waals surface area contributed by atoms with E-state index in [0.717, 1.165) is 24.0 Å². The molecule has 2 aliphatic heterocycles. The summed E-state index contributed by atoms with van der Waals surface area (Å²) in [5.74, 6) is 1.47. The predicted molar refractivity (Wildman–Crippen MR) is 55.6 cm³/mol. The highest BCUT2D eigenvalue weighted by molar-refractivity contribution is 4.77. The van der Waals surface area contributed by atoms with Crippen molar-refractivity contribution in [1.82, 2.24) is 10.0 Å². The Morgan fingerprint density at radius 1 is 1.14 bits per heavy atom. The average Bonchev–Trinajstić information content (AvgIpc) is 2.56. The molecule has 1 atom stereocenters. The average molecular weight is 200 g/mol. The molecule has 1 unspecified atom stereocenters. The molecule has 0 amide bonds. The zero-order valence-corrected chi connectivity index (χ0v) is 9.08. The lowest BCUT2D eigenvalue weighted by Crippen LogP contribution is -2.37. The van der Waals surface area contributed by atoms with E-state index in [2.05, 4.69) is 11.8 Å². The quantitative estimate of drug-likeness (QED) is 0.628. The van der Waals surface area contributed by atoms with Gasteiger partial charge in [-0.05, 0) is 44.2 Å². The van der Waals surface area contributed by atoms with Crippen molar-refractivity contribution in [3.8, 4) is 0 Å². The van der Waals surface area contributed by atoms with Crippen LogP contribution in [0, 0.1) is 11.8 Å². The first-order chi connectivity index (χ1) is 6.74. The Kier molecular flexibility index (Phi) is 3.39. The van der Waals surface area contributed by atoms with Crippen molar-refractivity contribution >= 4 is 0 Å². The van der Waals surface area contributed by atoms with Crippen molar-refractivity contribution < 1.29 is 4.48 Å². The molecule has 0 aromatic heterocycles. The molecule has 0 aliphatic carbocycles. The van der Waals surface area contributed by atoms with Crippen LogP contribution in [0.3, 0.4) is 0 Å². The van der Waals surface area contributed by atoms with Gasteiger partial charge >= 0.3 is 0 Å². The second-order valence-corrected chi connectivity index (χ2v) is 5.01. The summed E-state index contributed by atoms with van der Waals surface area (Å²) in [5.41, 5.74) is 0. The number of halogens is 1. The molecule has 2 saturated heterocycles. The molecule has 2 nitrogen and oxygen atoms in total. The van der Waals surface area contributed by atoms with Gasteiger partial charge in [-0.3, -0.25) is 0 Å². The Bertz CT molecular complexity index is 178. The molecule has 0 radical (unpaired) electrons. The van der Waals surface area contributed by atoms with Crippen molar-refractivity contribution in [2.24, 2.45) is 11.8 Å². The third-order valence-corrected chi connectivity index (χ3v) is 3.63. The van der Waals surface area contributed by atoms with E-state index in [4.69, 9.17) is 0 Å². The molecule has 82 valence electrons. The van der Waals surface area contributed by atoms with Crippen molar-refractivity contribution in [2.45, 2.75) is 26.2 Å². The van der Waals surface area contributed by atoms with Crippen LogP contribution in [-0.2, 0) is 0 Å². The van der Waals surface area contributed by atoms with Gasteiger partial charge in [-0.1, -0.05) is 6.92 Å². The van der Waals surface area contributed by atoms with E-state index in [1.807, 2.05) is 0 Å². The summed E-state index contributed by atoms with van der Waals surface area (Å²) < 4.78 is 12.8. The number of nitrogens with zero attached hydrogens (tertiary/aromatic N) is 2. The van der Waals surface area contributed by atoms with Gasteiger partial charge in [0.25, 0.3) is 0 Å². The number of rotatable bonds is 2. The zero-order chi connectivity index (χ0) is 9.97. The van der Waals surface area contributed by atoms with Crippen molar-refractivity contribution in [2.75, 3.05) is 32.7 Å². The van der Waals surface area contributed by atoms with Gasteiger partial charge in [0.1, 0.15) is 0 Å². The molecule has 0 saturated carbocycles. The van der Waals surface area contributed by atoms with Gasteiger partial charge in [-0.15, -0.1) is 9.60 Å². The first-order valence-electron chi connectivity index (χ1n) is 5.87. The maximum Gasteiger partial charge on any atom is 0.0331 e. The fourth-order valence-electron chi connectivity index (χ4n) is 2.54. The summed E-state index contributed by atoms with van der Waals surface area (Å²) in [5, 5.41) is 0.969. The SMILES string of the molecule is CC1CCN(CC2CCN(F)C2)CC1. The third kappa shape index (κ3) is 2.67.